The molecule has 3 N–H and O–H groups in total. The van der Waals surface area contributed by atoms with E-state index in [1.807, 2.05) is 6.92 Å². The van der Waals surface area contributed by atoms with Gasteiger partial charge >= 0.3 is 0 Å². The molecule has 0 saturated carbocycles. The van der Waals surface area contributed by atoms with Crippen LogP contribution in [0.15, 0.2) is 24.3 Å². The van der Waals surface area contributed by atoms with Crippen LogP contribution in [-0.2, 0) is 14.2 Å². The third kappa shape index (κ3) is 8.59. The summed E-state index contributed by atoms with van der Waals surface area (Å²) in [6.07, 6.45) is 3.36. The first-order valence-corrected chi connectivity index (χ1v) is 8.48. The van der Waals surface area contributed by atoms with Gasteiger partial charge in [-0.05, 0) is 43.5 Å². The molecule has 0 spiro atoms. The number of nitrogens with two attached hydrogens (primary N) is 1. The van der Waals surface area contributed by atoms with E-state index in [1.165, 1.54) is 24.3 Å². The molecule has 1 aliphatic heterocycles. The Morgan fingerprint density at radius 1 is 1.25 bits per heavy atom. The number of halogens is 1. The predicted octanol–water partition coefficient (Wildman–Crippen LogP) is 2.97. The number of aliphatic hydroxyl groups is 1. The number of hydrogen-bond donors (Lipinski definition) is 2. The molecule has 1 heterocycles. The lowest BCUT2D eigenvalue weighted by molar-refractivity contribution is -0.103. The molecule has 0 radical (unpaired) electrons. The maximum atomic E-state index is 12.0. The summed E-state index contributed by atoms with van der Waals surface area (Å²) >= 11 is 0. The van der Waals surface area contributed by atoms with Gasteiger partial charge < -0.3 is 25.1 Å². The highest BCUT2D eigenvalue weighted by Gasteiger charge is 2.26. The maximum absolute atomic E-state index is 12.0. The molecule has 2 atom stereocenters. The number of methoxy groups -OCH3 is 1. The largest absolute Gasteiger partial charge is 0.399 e. The number of aliphatic hydroxyl groups excluding tert-OH is 1. The van der Waals surface area contributed by atoms with E-state index in [9.17, 15) is 9.50 Å². The van der Waals surface area contributed by atoms with E-state index < -0.39 is 0 Å². The smallest absolute Gasteiger partial charge is 0.162 e. The van der Waals surface area contributed by atoms with Crippen LogP contribution in [0.3, 0.4) is 0 Å². The number of benzene rings is 1. The second-order valence-corrected chi connectivity index (χ2v) is 5.87. The number of ether oxygens (including phenoxy) is 3. The Morgan fingerprint density at radius 2 is 1.88 bits per heavy atom. The van der Waals surface area contributed by atoms with Crippen LogP contribution in [0.1, 0.15) is 32.6 Å². The normalized spacial score (nSPS) is 17.2. The fourth-order valence-electron chi connectivity index (χ4n) is 2.44. The van der Waals surface area contributed by atoms with E-state index in [-0.39, 0.29) is 24.1 Å². The molecule has 0 amide bonds. The number of rotatable bonds is 8. The predicted molar refractivity (Wildman–Crippen MR) is 92.0 cm³/mol. The molecule has 1 aromatic carbocycles. The van der Waals surface area contributed by atoms with Gasteiger partial charge in [-0.2, -0.15) is 0 Å². The fraction of sp³-hybridized carbons (Fsp3) is 0.667. The van der Waals surface area contributed by atoms with E-state index in [0.717, 1.165) is 25.7 Å². The Hall–Kier alpha value is -1.21. The molecule has 138 valence electrons. The summed E-state index contributed by atoms with van der Waals surface area (Å²) in [7, 11) is 1.70. The van der Waals surface area contributed by atoms with E-state index in [4.69, 9.17) is 19.9 Å². The van der Waals surface area contributed by atoms with E-state index >= 15 is 0 Å². The maximum Gasteiger partial charge on any atom is 0.162 e. The van der Waals surface area contributed by atoms with Gasteiger partial charge in [0.25, 0.3) is 0 Å². The highest BCUT2D eigenvalue weighted by molar-refractivity contribution is 5.36. The van der Waals surface area contributed by atoms with Crippen LogP contribution < -0.4 is 5.73 Å². The van der Waals surface area contributed by atoms with Crippen LogP contribution in [0, 0.1) is 11.7 Å². The van der Waals surface area contributed by atoms with Crippen molar-refractivity contribution in [1.82, 2.24) is 0 Å². The lowest BCUT2D eigenvalue weighted by Crippen LogP contribution is -2.26. The van der Waals surface area contributed by atoms with E-state index in [1.54, 1.807) is 7.11 Å². The minimum atomic E-state index is -0.251. The van der Waals surface area contributed by atoms with Gasteiger partial charge in [0.2, 0.25) is 0 Å². The van der Waals surface area contributed by atoms with Crippen molar-refractivity contribution in [3.05, 3.63) is 30.1 Å². The topological polar surface area (TPSA) is 73.9 Å². The molecule has 0 aromatic heterocycles. The molecule has 1 saturated heterocycles. The summed E-state index contributed by atoms with van der Waals surface area (Å²) < 4.78 is 28.2. The van der Waals surface area contributed by atoms with Crippen LogP contribution >= 0.6 is 0 Å². The SMILES string of the molecule is CCC(O)CCCC(COC)C1OCCO1.Nc1ccc(F)cc1. The summed E-state index contributed by atoms with van der Waals surface area (Å²) in [5, 5.41) is 9.47. The third-order valence-corrected chi connectivity index (χ3v) is 3.87. The molecular formula is C18H30FNO4. The first-order chi connectivity index (χ1) is 11.6. The number of nitrogen functional groups attached to an aromatic ring is 1. The second-order valence-electron chi connectivity index (χ2n) is 5.87. The summed E-state index contributed by atoms with van der Waals surface area (Å²) in [5.41, 5.74) is 5.85. The Morgan fingerprint density at radius 3 is 2.38 bits per heavy atom. The monoisotopic (exact) mass is 343 g/mol. The van der Waals surface area contributed by atoms with Crippen LogP contribution in [-0.4, -0.2) is 44.4 Å². The van der Waals surface area contributed by atoms with Crippen molar-refractivity contribution in [2.75, 3.05) is 32.7 Å². The Kier molecular flexibility index (Phi) is 10.6. The van der Waals surface area contributed by atoms with Crippen LogP contribution in [0.5, 0.6) is 0 Å². The van der Waals surface area contributed by atoms with Crippen LogP contribution in [0.2, 0.25) is 0 Å². The van der Waals surface area contributed by atoms with Gasteiger partial charge in [0, 0.05) is 18.7 Å². The summed E-state index contributed by atoms with van der Waals surface area (Å²) in [5.74, 6) is 0.0377. The van der Waals surface area contributed by atoms with Gasteiger partial charge in [0.15, 0.2) is 6.29 Å². The van der Waals surface area contributed by atoms with Crippen molar-refractivity contribution in [3.63, 3.8) is 0 Å². The molecule has 1 aromatic rings. The van der Waals surface area contributed by atoms with Gasteiger partial charge in [-0.3, -0.25) is 0 Å². The van der Waals surface area contributed by atoms with Crippen molar-refractivity contribution in [2.45, 2.75) is 45.0 Å². The minimum Gasteiger partial charge on any atom is -0.399 e. The molecule has 2 unspecified atom stereocenters. The van der Waals surface area contributed by atoms with Gasteiger partial charge in [-0.15, -0.1) is 0 Å². The average molecular weight is 343 g/mol. The zero-order chi connectivity index (χ0) is 17.8. The summed E-state index contributed by atoms with van der Waals surface area (Å²) in [6, 6.07) is 5.70. The van der Waals surface area contributed by atoms with Gasteiger partial charge in [-0.1, -0.05) is 13.3 Å². The van der Waals surface area contributed by atoms with Crippen molar-refractivity contribution in [1.29, 1.82) is 0 Å². The molecule has 24 heavy (non-hydrogen) atoms. The summed E-state index contributed by atoms with van der Waals surface area (Å²) in [4.78, 5) is 0. The first-order valence-electron chi connectivity index (χ1n) is 8.48. The summed E-state index contributed by atoms with van der Waals surface area (Å²) in [6.45, 7) is 4.03. The Bertz CT molecular complexity index is 403. The molecule has 0 aliphatic carbocycles. The van der Waals surface area contributed by atoms with Gasteiger partial charge in [0.05, 0.1) is 25.9 Å². The highest BCUT2D eigenvalue weighted by Crippen LogP contribution is 2.21. The minimum absolute atomic E-state index is 0.112. The lowest BCUT2D eigenvalue weighted by atomic mass is 10.00. The molecule has 5 nitrogen and oxygen atoms in total. The van der Waals surface area contributed by atoms with Crippen LogP contribution in [0.4, 0.5) is 10.1 Å². The number of anilines is 1. The fourth-order valence-corrected chi connectivity index (χ4v) is 2.44. The van der Waals surface area contributed by atoms with Crippen molar-refractivity contribution in [2.24, 2.45) is 5.92 Å². The van der Waals surface area contributed by atoms with Crippen molar-refractivity contribution >= 4 is 5.69 Å². The van der Waals surface area contributed by atoms with Crippen molar-refractivity contribution in [3.8, 4) is 0 Å². The lowest BCUT2D eigenvalue weighted by Gasteiger charge is -2.21. The van der Waals surface area contributed by atoms with Gasteiger partial charge in [0.1, 0.15) is 5.82 Å². The molecule has 1 fully saturated rings. The van der Waals surface area contributed by atoms with E-state index in [2.05, 4.69) is 0 Å². The quantitative estimate of drug-likeness (QED) is 0.710. The molecule has 1 aliphatic rings. The first kappa shape index (κ1) is 20.8. The third-order valence-electron chi connectivity index (χ3n) is 3.87. The molecule has 6 heteroatoms. The van der Waals surface area contributed by atoms with Crippen LogP contribution in [0.25, 0.3) is 0 Å². The average Bonchev–Trinajstić information content (AvgIpc) is 3.11. The van der Waals surface area contributed by atoms with Gasteiger partial charge in [-0.25, -0.2) is 4.39 Å². The molecular weight excluding hydrogens is 313 g/mol. The zero-order valence-corrected chi connectivity index (χ0v) is 14.6. The Balaban J connectivity index is 0.000000300. The van der Waals surface area contributed by atoms with Crippen molar-refractivity contribution < 1.29 is 23.7 Å². The molecule has 0 bridgehead atoms. The zero-order valence-electron chi connectivity index (χ0n) is 14.6. The van der Waals surface area contributed by atoms with E-state index in [0.29, 0.717) is 25.5 Å². The Labute approximate surface area is 143 Å². The standard InChI is InChI=1S/C12H24O4.C6H6FN/c1-3-11(13)6-4-5-10(9-14-2)12-15-7-8-16-12;7-5-1-3-6(8)4-2-5/h10-13H,3-9H2,1-2H3;1-4H,8H2. The molecule has 2 rings (SSSR count). The number of hydrogen-bond acceptors (Lipinski definition) is 5. The highest BCUT2D eigenvalue weighted by atomic mass is 19.1. The second kappa shape index (κ2) is 12.2.